The van der Waals surface area contributed by atoms with E-state index in [-0.39, 0.29) is 29.0 Å². The van der Waals surface area contributed by atoms with Crippen LogP contribution in [0.1, 0.15) is 31.4 Å². The molecule has 5 atom stereocenters. The summed E-state index contributed by atoms with van der Waals surface area (Å²) in [5, 5.41) is 0. The number of alkyl halides is 1. The van der Waals surface area contributed by atoms with Gasteiger partial charge in [-0.3, -0.25) is 10.2 Å². The molecule has 5 unspecified atom stereocenters. The topological polar surface area (TPSA) is 53.6 Å². The molecular formula is C18H24BrN3O2. The summed E-state index contributed by atoms with van der Waals surface area (Å²) in [6.45, 7) is 3.29. The number of hydrogen-bond acceptors (Lipinski definition) is 4. The summed E-state index contributed by atoms with van der Waals surface area (Å²) in [5.41, 5.74) is 7.66. The normalized spacial score (nSPS) is 36.8. The molecule has 0 radical (unpaired) electrons. The molecule has 1 aromatic rings. The van der Waals surface area contributed by atoms with Crippen LogP contribution in [0.5, 0.6) is 0 Å². The summed E-state index contributed by atoms with van der Waals surface area (Å²) in [6, 6.07) is 10.3. The van der Waals surface area contributed by atoms with Crippen LogP contribution in [0.3, 0.4) is 0 Å². The molecule has 6 heteroatoms. The first-order chi connectivity index (χ1) is 11.6. The van der Waals surface area contributed by atoms with Crippen molar-refractivity contribution in [3.63, 3.8) is 0 Å². The summed E-state index contributed by atoms with van der Waals surface area (Å²) in [6.07, 6.45) is 2.50. The van der Waals surface area contributed by atoms with E-state index < -0.39 is 0 Å². The predicted octanol–water partition coefficient (Wildman–Crippen LogP) is 1.99. The Bertz CT molecular complexity index is 595. The Labute approximate surface area is 151 Å². The van der Waals surface area contributed by atoms with E-state index in [2.05, 4.69) is 38.9 Å². The third-order valence-electron chi connectivity index (χ3n) is 5.21. The molecule has 5 nitrogen and oxygen atoms in total. The molecule has 0 bridgehead atoms. The maximum absolute atomic E-state index is 13.1. The summed E-state index contributed by atoms with van der Waals surface area (Å²) < 4.78 is 6.07. The third kappa shape index (κ3) is 3.25. The van der Waals surface area contributed by atoms with Gasteiger partial charge in [0.2, 0.25) is 5.91 Å². The Morgan fingerprint density at radius 3 is 2.67 bits per heavy atom. The lowest BCUT2D eigenvalue weighted by molar-refractivity contribution is -0.146. The van der Waals surface area contributed by atoms with Crippen LogP contribution in [0.25, 0.3) is 0 Å². The van der Waals surface area contributed by atoms with Gasteiger partial charge in [0, 0.05) is 12.6 Å². The summed E-state index contributed by atoms with van der Waals surface area (Å²) in [5.74, 6) is 0.851. The highest BCUT2D eigenvalue weighted by Crippen LogP contribution is 2.38. The van der Waals surface area contributed by atoms with E-state index in [0.717, 1.165) is 5.56 Å². The quantitative estimate of drug-likeness (QED) is 0.771. The fourth-order valence-corrected chi connectivity index (χ4v) is 4.69. The molecule has 24 heavy (non-hydrogen) atoms. The fraction of sp³-hybridized carbons (Fsp3) is 0.611. The molecular weight excluding hydrogens is 370 g/mol. The van der Waals surface area contributed by atoms with Gasteiger partial charge in [0.1, 0.15) is 12.1 Å². The van der Waals surface area contributed by atoms with Crippen molar-refractivity contribution in [1.82, 2.24) is 15.8 Å². The van der Waals surface area contributed by atoms with E-state index in [9.17, 15) is 4.79 Å². The molecule has 4 rings (SSSR count). The van der Waals surface area contributed by atoms with Crippen LogP contribution < -0.4 is 10.9 Å². The van der Waals surface area contributed by atoms with Crippen molar-refractivity contribution < 1.29 is 9.53 Å². The largest absolute Gasteiger partial charge is 0.367 e. The monoisotopic (exact) mass is 393 g/mol. The van der Waals surface area contributed by atoms with E-state index in [1.54, 1.807) is 0 Å². The second kappa shape index (κ2) is 6.75. The Balaban J connectivity index is 1.45. The molecule has 1 aromatic carbocycles. The number of rotatable bonds is 3. The van der Waals surface area contributed by atoms with E-state index in [4.69, 9.17) is 4.74 Å². The van der Waals surface area contributed by atoms with Crippen molar-refractivity contribution in [2.45, 2.75) is 48.9 Å². The van der Waals surface area contributed by atoms with Gasteiger partial charge in [-0.1, -0.05) is 46.3 Å². The number of morpholine rings is 1. The maximum atomic E-state index is 13.1. The number of ether oxygens (including phenoxy) is 1. The first-order valence-corrected chi connectivity index (χ1v) is 9.69. The average Bonchev–Trinajstić information content (AvgIpc) is 3.37. The van der Waals surface area contributed by atoms with Crippen molar-refractivity contribution in [2.75, 3.05) is 13.1 Å². The van der Waals surface area contributed by atoms with E-state index in [0.29, 0.717) is 25.0 Å². The van der Waals surface area contributed by atoms with Crippen molar-refractivity contribution in [3.8, 4) is 0 Å². The van der Waals surface area contributed by atoms with Gasteiger partial charge in [-0.25, -0.2) is 5.43 Å². The number of carbonyl (C=O) groups is 1. The van der Waals surface area contributed by atoms with Crippen molar-refractivity contribution in [1.29, 1.82) is 0 Å². The molecule has 3 fully saturated rings. The van der Waals surface area contributed by atoms with Crippen molar-refractivity contribution in [3.05, 3.63) is 35.9 Å². The van der Waals surface area contributed by atoms with Crippen LogP contribution in [0, 0.1) is 5.92 Å². The molecule has 130 valence electrons. The smallest absolute Gasteiger partial charge is 0.242 e. The van der Waals surface area contributed by atoms with Gasteiger partial charge in [-0.15, -0.1) is 0 Å². The highest BCUT2D eigenvalue weighted by Gasteiger charge is 2.47. The van der Waals surface area contributed by atoms with Crippen LogP contribution in [0.15, 0.2) is 30.3 Å². The van der Waals surface area contributed by atoms with Gasteiger partial charge in [-0.2, -0.15) is 0 Å². The average molecular weight is 394 g/mol. The minimum Gasteiger partial charge on any atom is -0.367 e. The lowest BCUT2D eigenvalue weighted by Gasteiger charge is -2.38. The van der Waals surface area contributed by atoms with E-state index in [1.165, 1.54) is 12.8 Å². The second-order valence-corrected chi connectivity index (χ2v) is 8.22. The SMILES string of the molecule is CC1CN(C(=O)C2NNC(C3CC3)C2Br)CC(c2ccccc2)O1. The lowest BCUT2D eigenvalue weighted by atomic mass is 10.0. The maximum Gasteiger partial charge on any atom is 0.242 e. The van der Waals surface area contributed by atoms with Crippen molar-refractivity contribution in [2.24, 2.45) is 5.92 Å². The van der Waals surface area contributed by atoms with Crippen LogP contribution in [0.2, 0.25) is 0 Å². The number of carbonyl (C=O) groups excluding carboxylic acids is 1. The summed E-state index contributed by atoms with van der Waals surface area (Å²) in [7, 11) is 0. The standard InChI is InChI=1S/C18H24BrN3O2/c1-11-9-22(10-14(24-11)12-5-3-2-4-6-12)18(23)17-15(19)16(20-21-17)13-7-8-13/h2-6,11,13-17,20-21H,7-10H2,1H3. The minimum absolute atomic E-state index is 0.0373. The van der Waals surface area contributed by atoms with Gasteiger partial charge < -0.3 is 9.64 Å². The van der Waals surface area contributed by atoms with Crippen LogP contribution in [-0.2, 0) is 9.53 Å². The molecule has 2 heterocycles. The highest BCUT2D eigenvalue weighted by molar-refractivity contribution is 9.09. The minimum atomic E-state index is -0.211. The molecule has 0 aromatic heterocycles. The molecule has 2 aliphatic heterocycles. The second-order valence-electron chi connectivity index (χ2n) is 7.16. The summed E-state index contributed by atoms with van der Waals surface area (Å²) >= 11 is 3.75. The van der Waals surface area contributed by atoms with Gasteiger partial charge in [-0.05, 0) is 31.2 Å². The fourth-order valence-electron chi connectivity index (χ4n) is 3.76. The molecule has 1 aliphatic carbocycles. The molecule has 0 spiro atoms. The molecule has 3 aliphatic rings. The number of benzene rings is 1. The highest BCUT2D eigenvalue weighted by atomic mass is 79.9. The predicted molar refractivity (Wildman–Crippen MR) is 95.6 cm³/mol. The number of hydrazine groups is 1. The van der Waals surface area contributed by atoms with Gasteiger partial charge in [0.05, 0.1) is 17.5 Å². The lowest BCUT2D eigenvalue weighted by Crippen LogP contribution is -2.53. The first kappa shape index (κ1) is 16.5. The number of halogens is 1. The Morgan fingerprint density at radius 2 is 1.96 bits per heavy atom. The van der Waals surface area contributed by atoms with Crippen LogP contribution in [-0.4, -0.2) is 46.9 Å². The van der Waals surface area contributed by atoms with Crippen molar-refractivity contribution >= 4 is 21.8 Å². The third-order valence-corrected chi connectivity index (χ3v) is 6.30. The molecule has 1 amide bonds. The number of nitrogens with zero attached hydrogens (tertiary/aromatic N) is 1. The zero-order valence-corrected chi connectivity index (χ0v) is 15.4. The molecule has 2 saturated heterocycles. The zero-order chi connectivity index (χ0) is 16.7. The van der Waals surface area contributed by atoms with Crippen LogP contribution >= 0.6 is 15.9 Å². The first-order valence-electron chi connectivity index (χ1n) is 8.78. The van der Waals surface area contributed by atoms with E-state index in [1.807, 2.05) is 30.0 Å². The zero-order valence-electron chi connectivity index (χ0n) is 13.8. The summed E-state index contributed by atoms with van der Waals surface area (Å²) in [4.78, 5) is 15.2. The molecule has 2 N–H and O–H groups in total. The Morgan fingerprint density at radius 1 is 1.21 bits per heavy atom. The molecule has 1 saturated carbocycles. The number of nitrogens with one attached hydrogen (secondary N) is 2. The number of hydrogen-bond donors (Lipinski definition) is 2. The van der Waals surface area contributed by atoms with Gasteiger partial charge in [0.25, 0.3) is 0 Å². The number of amides is 1. The van der Waals surface area contributed by atoms with Gasteiger partial charge in [0.15, 0.2) is 0 Å². The Hall–Kier alpha value is -0.950. The van der Waals surface area contributed by atoms with Crippen LogP contribution in [0.4, 0.5) is 0 Å². The van der Waals surface area contributed by atoms with E-state index >= 15 is 0 Å². The Kier molecular flexibility index (Phi) is 4.64. The van der Waals surface area contributed by atoms with Gasteiger partial charge >= 0.3 is 0 Å².